The van der Waals surface area contributed by atoms with Crippen LogP contribution in [0.25, 0.3) is 0 Å². The fourth-order valence-electron chi connectivity index (χ4n) is 3.99. The van der Waals surface area contributed by atoms with Crippen molar-refractivity contribution in [2.45, 2.75) is 31.8 Å². The summed E-state index contributed by atoms with van der Waals surface area (Å²) >= 11 is 0. The predicted molar refractivity (Wildman–Crippen MR) is 124 cm³/mol. The summed E-state index contributed by atoms with van der Waals surface area (Å²) in [4.78, 5) is 41.6. The lowest BCUT2D eigenvalue weighted by molar-refractivity contribution is -0.140. The van der Waals surface area contributed by atoms with E-state index in [1.165, 1.54) is 4.90 Å². The van der Waals surface area contributed by atoms with Crippen molar-refractivity contribution in [2.75, 3.05) is 19.8 Å². The minimum absolute atomic E-state index is 0.0838. The molecule has 2 aromatic rings. The highest BCUT2D eigenvalue weighted by Gasteiger charge is 2.41. The average Bonchev–Trinajstić information content (AvgIpc) is 3.19. The van der Waals surface area contributed by atoms with Crippen LogP contribution in [0.3, 0.4) is 0 Å². The second-order valence-electron chi connectivity index (χ2n) is 8.08. The number of rotatable bonds is 11. The third-order valence-corrected chi connectivity index (χ3v) is 5.67. The Morgan fingerprint density at radius 3 is 2.36 bits per heavy atom. The van der Waals surface area contributed by atoms with Gasteiger partial charge in [0.1, 0.15) is 6.61 Å². The van der Waals surface area contributed by atoms with E-state index in [2.05, 4.69) is 6.58 Å². The van der Waals surface area contributed by atoms with Gasteiger partial charge in [-0.2, -0.15) is 0 Å². The standard InChI is InChI=1S/C26H30N2O5/c1-2-9-22(17-24(30)27(14-15-29)18-21-12-7-4-8-13-21)25(31)28-23(19-33-26(28)32)16-20-10-5-3-6-11-20/h2-8,10-13,22-23,29H,1,9,14-19H2/t22-,23+/m1/s1. The zero-order valence-electron chi connectivity index (χ0n) is 18.6. The molecule has 1 aliphatic heterocycles. The molecular weight excluding hydrogens is 420 g/mol. The predicted octanol–water partition coefficient (Wildman–Crippen LogP) is 3.18. The summed E-state index contributed by atoms with van der Waals surface area (Å²) in [6, 6.07) is 18.6. The fourth-order valence-corrected chi connectivity index (χ4v) is 3.99. The maximum absolute atomic E-state index is 13.4. The van der Waals surface area contributed by atoms with Crippen molar-refractivity contribution >= 4 is 17.9 Å². The summed E-state index contributed by atoms with van der Waals surface area (Å²) in [6.45, 7) is 4.15. The van der Waals surface area contributed by atoms with E-state index in [4.69, 9.17) is 4.74 Å². The normalized spacial score (nSPS) is 16.2. The van der Waals surface area contributed by atoms with Crippen molar-refractivity contribution in [3.63, 3.8) is 0 Å². The monoisotopic (exact) mass is 450 g/mol. The molecule has 1 fully saturated rings. The Balaban J connectivity index is 1.72. The molecule has 0 aliphatic carbocycles. The molecule has 7 nitrogen and oxygen atoms in total. The summed E-state index contributed by atoms with van der Waals surface area (Å²) in [6.07, 6.45) is 1.55. The molecule has 0 bridgehead atoms. The van der Waals surface area contributed by atoms with E-state index in [1.807, 2.05) is 60.7 Å². The highest BCUT2D eigenvalue weighted by Crippen LogP contribution is 2.24. The molecule has 0 radical (unpaired) electrons. The van der Waals surface area contributed by atoms with Gasteiger partial charge in [-0.1, -0.05) is 66.7 Å². The Morgan fingerprint density at radius 2 is 1.76 bits per heavy atom. The Labute approximate surface area is 194 Å². The van der Waals surface area contributed by atoms with Gasteiger partial charge < -0.3 is 14.7 Å². The zero-order chi connectivity index (χ0) is 23.6. The Bertz CT molecular complexity index is 948. The number of hydrogen-bond acceptors (Lipinski definition) is 5. The molecule has 2 atom stereocenters. The number of hydrogen-bond donors (Lipinski definition) is 1. The van der Waals surface area contributed by atoms with Crippen LogP contribution in [0, 0.1) is 5.92 Å². The van der Waals surface area contributed by atoms with Gasteiger partial charge >= 0.3 is 6.09 Å². The van der Waals surface area contributed by atoms with Crippen molar-refractivity contribution < 1.29 is 24.2 Å². The van der Waals surface area contributed by atoms with Crippen LogP contribution in [-0.4, -0.2) is 58.6 Å². The van der Waals surface area contributed by atoms with E-state index >= 15 is 0 Å². The molecule has 0 spiro atoms. The molecule has 2 aromatic carbocycles. The van der Waals surface area contributed by atoms with Gasteiger partial charge in [-0.25, -0.2) is 9.69 Å². The number of nitrogens with zero attached hydrogens (tertiary/aromatic N) is 2. The van der Waals surface area contributed by atoms with Gasteiger partial charge in [-0.05, 0) is 24.0 Å². The maximum atomic E-state index is 13.4. The van der Waals surface area contributed by atoms with E-state index in [0.717, 1.165) is 16.0 Å². The van der Waals surface area contributed by atoms with Gasteiger partial charge in [0.25, 0.3) is 0 Å². The number of imide groups is 1. The van der Waals surface area contributed by atoms with Gasteiger partial charge in [-0.15, -0.1) is 6.58 Å². The average molecular weight is 451 g/mol. The third-order valence-electron chi connectivity index (χ3n) is 5.67. The van der Waals surface area contributed by atoms with Gasteiger partial charge in [0.15, 0.2) is 0 Å². The van der Waals surface area contributed by atoms with Crippen LogP contribution in [0.4, 0.5) is 4.79 Å². The van der Waals surface area contributed by atoms with Gasteiger partial charge in [0.2, 0.25) is 11.8 Å². The van der Waals surface area contributed by atoms with Crippen LogP contribution in [0.15, 0.2) is 73.3 Å². The SMILES string of the molecule is C=CC[C@H](CC(=O)N(CCO)Cc1ccccc1)C(=O)N1C(=O)OC[C@@H]1Cc1ccccc1. The van der Waals surface area contributed by atoms with Crippen LogP contribution >= 0.6 is 0 Å². The molecule has 1 saturated heterocycles. The maximum Gasteiger partial charge on any atom is 0.416 e. The largest absolute Gasteiger partial charge is 0.447 e. The van der Waals surface area contributed by atoms with E-state index in [1.54, 1.807) is 6.08 Å². The van der Waals surface area contributed by atoms with Crippen molar-refractivity contribution in [1.82, 2.24) is 9.80 Å². The molecule has 3 rings (SSSR count). The number of allylic oxidation sites excluding steroid dienone is 1. The Kier molecular flexibility index (Phi) is 8.78. The fraction of sp³-hybridized carbons (Fsp3) is 0.346. The lowest BCUT2D eigenvalue weighted by Crippen LogP contribution is -2.45. The zero-order valence-corrected chi connectivity index (χ0v) is 18.6. The second kappa shape index (κ2) is 12.0. The van der Waals surface area contributed by atoms with Gasteiger partial charge in [0, 0.05) is 19.5 Å². The molecule has 0 saturated carbocycles. The van der Waals surface area contributed by atoms with Crippen LogP contribution in [0.5, 0.6) is 0 Å². The number of ether oxygens (including phenoxy) is 1. The number of amides is 3. The molecule has 7 heteroatoms. The molecule has 33 heavy (non-hydrogen) atoms. The molecule has 0 aromatic heterocycles. The van der Waals surface area contributed by atoms with Crippen LogP contribution in [0.1, 0.15) is 24.0 Å². The summed E-state index contributed by atoms with van der Waals surface area (Å²) in [5.41, 5.74) is 1.92. The number of carbonyl (C=O) groups excluding carboxylic acids is 3. The molecule has 1 aliphatic rings. The first-order valence-electron chi connectivity index (χ1n) is 11.1. The number of cyclic esters (lactones) is 1. The highest BCUT2D eigenvalue weighted by molar-refractivity contribution is 5.96. The Morgan fingerprint density at radius 1 is 1.12 bits per heavy atom. The van der Waals surface area contributed by atoms with Crippen molar-refractivity contribution in [3.05, 3.63) is 84.4 Å². The highest BCUT2D eigenvalue weighted by atomic mass is 16.6. The lowest BCUT2D eigenvalue weighted by Gasteiger charge is -2.27. The molecule has 3 amide bonds. The summed E-state index contributed by atoms with van der Waals surface area (Å²) in [5, 5.41) is 9.45. The first kappa shape index (κ1) is 24.2. The van der Waals surface area contributed by atoms with Crippen LogP contribution in [-0.2, 0) is 27.3 Å². The summed E-state index contributed by atoms with van der Waals surface area (Å²) in [5.74, 6) is -1.44. The van der Waals surface area contributed by atoms with Crippen LogP contribution < -0.4 is 0 Å². The topological polar surface area (TPSA) is 87.2 Å². The Hall–Kier alpha value is -3.45. The number of aliphatic hydroxyl groups excluding tert-OH is 1. The minimum Gasteiger partial charge on any atom is -0.447 e. The van der Waals surface area contributed by atoms with Crippen molar-refractivity contribution in [3.8, 4) is 0 Å². The van der Waals surface area contributed by atoms with E-state index < -0.39 is 24.0 Å². The number of aliphatic hydroxyl groups is 1. The third kappa shape index (κ3) is 6.52. The molecular formula is C26H30N2O5. The minimum atomic E-state index is -0.740. The van der Waals surface area contributed by atoms with Crippen molar-refractivity contribution in [1.29, 1.82) is 0 Å². The first-order valence-corrected chi connectivity index (χ1v) is 11.1. The second-order valence-corrected chi connectivity index (χ2v) is 8.08. The quantitative estimate of drug-likeness (QED) is 0.532. The lowest BCUT2D eigenvalue weighted by atomic mass is 9.97. The smallest absolute Gasteiger partial charge is 0.416 e. The summed E-state index contributed by atoms with van der Waals surface area (Å²) in [7, 11) is 0. The summed E-state index contributed by atoms with van der Waals surface area (Å²) < 4.78 is 5.18. The number of carbonyl (C=O) groups is 3. The van der Waals surface area contributed by atoms with Crippen molar-refractivity contribution in [2.24, 2.45) is 5.92 Å². The van der Waals surface area contributed by atoms with E-state index in [-0.39, 0.29) is 38.5 Å². The molecule has 174 valence electrons. The van der Waals surface area contributed by atoms with E-state index in [9.17, 15) is 19.5 Å². The first-order chi connectivity index (χ1) is 16.0. The molecule has 1 N–H and O–H groups in total. The van der Waals surface area contributed by atoms with E-state index in [0.29, 0.717) is 13.0 Å². The molecule has 0 unspecified atom stereocenters. The van der Waals surface area contributed by atoms with Gasteiger partial charge in [-0.3, -0.25) is 9.59 Å². The van der Waals surface area contributed by atoms with Crippen LogP contribution in [0.2, 0.25) is 0 Å². The molecule has 1 heterocycles. The number of benzene rings is 2. The van der Waals surface area contributed by atoms with Gasteiger partial charge in [0.05, 0.1) is 18.6 Å².